The standard InChI is InChI=1S/C9H9N3OS/c1-7(13)14-4-2-3-8-5-12-9(10)6-11-8/h5-6H,4H2,1H3,(H2,10,12). The lowest BCUT2D eigenvalue weighted by Gasteiger charge is -1.90. The smallest absolute Gasteiger partial charge is 0.186 e. The Kier molecular flexibility index (Phi) is 3.95. The molecule has 0 spiro atoms. The summed E-state index contributed by atoms with van der Waals surface area (Å²) in [5, 5.41) is 0.0580. The summed E-state index contributed by atoms with van der Waals surface area (Å²) in [4.78, 5) is 18.3. The Morgan fingerprint density at radius 1 is 1.57 bits per heavy atom. The predicted molar refractivity (Wildman–Crippen MR) is 56.5 cm³/mol. The molecule has 14 heavy (non-hydrogen) atoms. The van der Waals surface area contributed by atoms with Crippen LogP contribution in [0.2, 0.25) is 0 Å². The predicted octanol–water partition coefficient (Wildman–Crippen LogP) is 0.690. The number of aromatic nitrogens is 2. The molecule has 0 bridgehead atoms. The van der Waals surface area contributed by atoms with E-state index < -0.39 is 0 Å². The highest BCUT2D eigenvalue weighted by molar-refractivity contribution is 8.13. The fraction of sp³-hybridized carbons (Fsp3) is 0.222. The first-order chi connectivity index (χ1) is 6.68. The summed E-state index contributed by atoms with van der Waals surface area (Å²) in [6.45, 7) is 1.51. The fourth-order valence-electron chi connectivity index (χ4n) is 0.667. The highest BCUT2D eigenvalue weighted by atomic mass is 32.2. The molecule has 1 rings (SSSR count). The number of hydrogen-bond donors (Lipinski definition) is 1. The van der Waals surface area contributed by atoms with Crippen LogP contribution in [0, 0.1) is 11.8 Å². The molecule has 0 aliphatic carbocycles. The van der Waals surface area contributed by atoms with Gasteiger partial charge in [0, 0.05) is 6.92 Å². The van der Waals surface area contributed by atoms with Crippen molar-refractivity contribution in [3.05, 3.63) is 18.1 Å². The molecule has 4 nitrogen and oxygen atoms in total. The fourth-order valence-corrected chi connectivity index (χ4v) is 1.01. The van der Waals surface area contributed by atoms with Crippen LogP contribution in [-0.4, -0.2) is 20.8 Å². The molecule has 0 amide bonds. The molecule has 1 heterocycles. The molecule has 0 fully saturated rings. The van der Waals surface area contributed by atoms with E-state index in [1.807, 2.05) is 0 Å². The van der Waals surface area contributed by atoms with Crippen LogP contribution in [0.15, 0.2) is 12.4 Å². The zero-order valence-corrected chi connectivity index (χ0v) is 8.47. The normalized spacial score (nSPS) is 8.93. The molecule has 2 N–H and O–H groups in total. The number of nitrogens with zero attached hydrogens (tertiary/aromatic N) is 2. The van der Waals surface area contributed by atoms with Crippen LogP contribution >= 0.6 is 11.8 Å². The van der Waals surface area contributed by atoms with Gasteiger partial charge in [0.2, 0.25) is 0 Å². The maximum atomic E-state index is 10.6. The van der Waals surface area contributed by atoms with Crippen molar-refractivity contribution >= 4 is 22.7 Å². The third-order valence-electron chi connectivity index (χ3n) is 1.24. The van der Waals surface area contributed by atoms with Gasteiger partial charge in [0.05, 0.1) is 18.1 Å². The minimum atomic E-state index is 0.0580. The summed E-state index contributed by atoms with van der Waals surface area (Å²) in [7, 11) is 0. The van der Waals surface area contributed by atoms with Gasteiger partial charge in [-0.3, -0.25) is 4.79 Å². The Morgan fingerprint density at radius 2 is 2.36 bits per heavy atom. The number of carbonyl (C=O) groups is 1. The summed E-state index contributed by atoms with van der Waals surface area (Å²) in [6.07, 6.45) is 2.95. The number of nitrogens with two attached hydrogens (primary N) is 1. The summed E-state index contributed by atoms with van der Waals surface area (Å²) in [6, 6.07) is 0. The van der Waals surface area contributed by atoms with Gasteiger partial charge in [-0.05, 0) is 5.92 Å². The van der Waals surface area contributed by atoms with Crippen molar-refractivity contribution in [1.82, 2.24) is 9.97 Å². The zero-order valence-electron chi connectivity index (χ0n) is 7.65. The van der Waals surface area contributed by atoms with Crippen LogP contribution in [0.1, 0.15) is 12.6 Å². The van der Waals surface area contributed by atoms with Gasteiger partial charge in [0.1, 0.15) is 11.5 Å². The minimum Gasteiger partial charge on any atom is -0.382 e. The maximum absolute atomic E-state index is 10.6. The number of rotatable bonds is 1. The van der Waals surface area contributed by atoms with Gasteiger partial charge in [0.25, 0.3) is 0 Å². The average Bonchev–Trinajstić information content (AvgIpc) is 2.15. The van der Waals surface area contributed by atoms with Crippen molar-refractivity contribution in [2.24, 2.45) is 0 Å². The lowest BCUT2D eigenvalue weighted by Crippen LogP contribution is -1.92. The van der Waals surface area contributed by atoms with E-state index in [1.165, 1.54) is 31.1 Å². The van der Waals surface area contributed by atoms with Gasteiger partial charge in [-0.25, -0.2) is 9.97 Å². The molecule has 0 aromatic carbocycles. The first-order valence-corrected chi connectivity index (χ1v) is 4.87. The van der Waals surface area contributed by atoms with Crippen molar-refractivity contribution < 1.29 is 4.79 Å². The van der Waals surface area contributed by atoms with Crippen molar-refractivity contribution in [2.75, 3.05) is 11.5 Å². The molecule has 72 valence electrons. The van der Waals surface area contributed by atoms with Gasteiger partial charge < -0.3 is 5.73 Å². The van der Waals surface area contributed by atoms with Crippen molar-refractivity contribution in [3.8, 4) is 11.8 Å². The Bertz CT molecular complexity index is 377. The molecular formula is C9H9N3OS. The molecule has 1 aromatic heterocycles. The molecule has 0 aliphatic heterocycles. The van der Waals surface area contributed by atoms with E-state index in [2.05, 4.69) is 21.8 Å². The van der Waals surface area contributed by atoms with Crippen LogP contribution in [0.5, 0.6) is 0 Å². The molecule has 1 aromatic rings. The molecule has 0 saturated heterocycles. The van der Waals surface area contributed by atoms with Gasteiger partial charge in [-0.1, -0.05) is 17.7 Å². The van der Waals surface area contributed by atoms with E-state index in [0.717, 1.165) is 0 Å². The van der Waals surface area contributed by atoms with Crippen LogP contribution in [0.3, 0.4) is 0 Å². The number of thioether (sulfide) groups is 1. The Morgan fingerprint density at radius 3 is 2.93 bits per heavy atom. The third kappa shape index (κ3) is 3.92. The van der Waals surface area contributed by atoms with E-state index in [1.54, 1.807) is 0 Å². The van der Waals surface area contributed by atoms with Crippen LogP contribution in [-0.2, 0) is 4.79 Å². The molecule has 0 atom stereocenters. The summed E-state index contributed by atoms with van der Waals surface area (Å²) in [5.74, 6) is 6.42. The lowest BCUT2D eigenvalue weighted by atomic mass is 10.4. The van der Waals surface area contributed by atoms with Gasteiger partial charge in [0.15, 0.2) is 5.12 Å². The maximum Gasteiger partial charge on any atom is 0.186 e. The van der Waals surface area contributed by atoms with E-state index in [4.69, 9.17) is 5.73 Å². The number of carbonyl (C=O) groups excluding carboxylic acids is 1. The second-order valence-electron chi connectivity index (χ2n) is 2.41. The molecule has 0 aliphatic rings. The Labute approximate surface area is 86.3 Å². The summed E-state index contributed by atoms with van der Waals surface area (Å²) < 4.78 is 0. The molecule has 0 saturated carbocycles. The Hall–Kier alpha value is -1.54. The molecule has 5 heteroatoms. The monoisotopic (exact) mass is 207 g/mol. The molecular weight excluding hydrogens is 198 g/mol. The average molecular weight is 207 g/mol. The van der Waals surface area contributed by atoms with Crippen molar-refractivity contribution in [2.45, 2.75) is 6.92 Å². The number of anilines is 1. The minimum absolute atomic E-state index is 0.0580. The first kappa shape index (κ1) is 10.5. The van der Waals surface area contributed by atoms with Crippen LogP contribution < -0.4 is 5.73 Å². The van der Waals surface area contributed by atoms with E-state index >= 15 is 0 Å². The van der Waals surface area contributed by atoms with Crippen molar-refractivity contribution in [1.29, 1.82) is 0 Å². The quantitative estimate of drug-likeness (QED) is 0.686. The molecule has 0 radical (unpaired) electrons. The third-order valence-corrected chi connectivity index (χ3v) is 1.93. The topological polar surface area (TPSA) is 68.9 Å². The van der Waals surface area contributed by atoms with Crippen LogP contribution in [0.25, 0.3) is 0 Å². The van der Waals surface area contributed by atoms with Gasteiger partial charge in [-0.2, -0.15) is 0 Å². The molecule has 0 unspecified atom stereocenters. The van der Waals surface area contributed by atoms with Crippen molar-refractivity contribution in [3.63, 3.8) is 0 Å². The number of hydrogen-bond acceptors (Lipinski definition) is 5. The van der Waals surface area contributed by atoms with E-state index in [-0.39, 0.29) is 5.12 Å². The van der Waals surface area contributed by atoms with E-state index in [0.29, 0.717) is 17.3 Å². The second-order valence-corrected chi connectivity index (χ2v) is 3.56. The lowest BCUT2D eigenvalue weighted by molar-refractivity contribution is -0.109. The van der Waals surface area contributed by atoms with Gasteiger partial charge in [-0.15, -0.1) is 0 Å². The highest BCUT2D eigenvalue weighted by Gasteiger charge is 1.90. The largest absolute Gasteiger partial charge is 0.382 e. The summed E-state index contributed by atoms with van der Waals surface area (Å²) in [5.41, 5.74) is 5.91. The summed E-state index contributed by atoms with van der Waals surface area (Å²) >= 11 is 1.17. The van der Waals surface area contributed by atoms with Gasteiger partial charge >= 0.3 is 0 Å². The van der Waals surface area contributed by atoms with E-state index in [9.17, 15) is 4.79 Å². The zero-order chi connectivity index (χ0) is 10.4. The SMILES string of the molecule is CC(=O)SCC#Cc1cnc(N)cn1. The van der Waals surface area contributed by atoms with Crippen LogP contribution in [0.4, 0.5) is 5.82 Å². The first-order valence-electron chi connectivity index (χ1n) is 3.88. The Balaban J connectivity index is 2.51. The second kappa shape index (κ2) is 5.25. The highest BCUT2D eigenvalue weighted by Crippen LogP contribution is 1.99. The number of nitrogen functional groups attached to an aromatic ring is 1.